The molecule has 1 aromatic carbocycles. The van der Waals surface area contributed by atoms with E-state index in [1.165, 1.54) is 10.6 Å². The van der Waals surface area contributed by atoms with Gasteiger partial charge in [-0.3, -0.25) is 0 Å². The summed E-state index contributed by atoms with van der Waals surface area (Å²) in [5, 5.41) is 0. The van der Waals surface area contributed by atoms with Gasteiger partial charge >= 0.3 is 0 Å². The van der Waals surface area contributed by atoms with Crippen LogP contribution in [0, 0.1) is 0 Å². The van der Waals surface area contributed by atoms with Crippen molar-refractivity contribution in [2.75, 3.05) is 27.0 Å². The zero-order valence-corrected chi connectivity index (χ0v) is 12.2. The zero-order valence-electron chi connectivity index (χ0n) is 11.4. The van der Waals surface area contributed by atoms with Crippen molar-refractivity contribution in [2.45, 2.75) is 18.9 Å². The van der Waals surface area contributed by atoms with Crippen LogP contribution in [0.3, 0.4) is 0 Å². The van der Waals surface area contributed by atoms with Crippen molar-refractivity contribution in [2.24, 2.45) is 0 Å². The fourth-order valence-corrected chi connectivity index (χ4v) is 3.69. The molecule has 0 aromatic heterocycles. The van der Waals surface area contributed by atoms with Crippen LogP contribution in [0.25, 0.3) is 0 Å². The Bertz CT molecular complexity index is 556. The summed E-state index contributed by atoms with van der Waals surface area (Å²) >= 11 is 0. The van der Waals surface area contributed by atoms with Gasteiger partial charge in [0.05, 0.1) is 26.5 Å². The predicted molar refractivity (Wildman–Crippen MR) is 73.1 cm³/mol. The molecule has 1 heterocycles. The normalized spacial score (nSPS) is 20.5. The van der Waals surface area contributed by atoms with Gasteiger partial charge in [-0.2, -0.15) is 4.31 Å². The van der Waals surface area contributed by atoms with Gasteiger partial charge in [-0.25, -0.2) is 8.42 Å². The van der Waals surface area contributed by atoms with Crippen LogP contribution in [0.15, 0.2) is 18.2 Å². The molecule has 0 saturated carbocycles. The molecule has 1 saturated heterocycles. The Balaban J connectivity index is 2.45. The summed E-state index contributed by atoms with van der Waals surface area (Å²) in [6.07, 6.45) is 2.91. The van der Waals surface area contributed by atoms with E-state index in [0.29, 0.717) is 18.0 Å². The van der Waals surface area contributed by atoms with E-state index >= 15 is 0 Å². The summed E-state index contributed by atoms with van der Waals surface area (Å²) in [6.45, 7) is 0.559. The van der Waals surface area contributed by atoms with Crippen molar-refractivity contribution >= 4 is 10.0 Å². The molecule has 0 N–H and O–H groups in total. The van der Waals surface area contributed by atoms with Gasteiger partial charge in [-0.1, -0.05) is 0 Å². The Morgan fingerprint density at radius 3 is 2.58 bits per heavy atom. The van der Waals surface area contributed by atoms with Crippen LogP contribution < -0.4 is 9.47 Å². The quantitative estimate of drug-likeness (QED) is 0.846. The Morgan fingerprint density at radius 1 is 1.26 bits per heavy atom. The average molecular weight is 285 g/mol. The van der Waals surface area contributed by atoms with Crippen molar-refractivity contribution in [3.8, 4) is 11.5 Å². The summed E-state index contributed by atoms with van der Waals surface area (Å²) in [5.74, 6) is 1.40. The SMILES string of the molecule is COc1ccc(OC)c(C2CCCN2S(C)(=O)=O)c1. The number of hydrogen-bond acceptors (Lipinski definition) is 4. The minimum Gasteiger partial charge on any atom is -0.497 e. The van der Waals surface area contributed by atoms with Crippen molar-refractivity contribution in [3.05, 3.63) is 23.8 Å². The molecule has 1 unspecified atom stereocenters. The summed E-state index contributed by atoms with van der Waals surface area (Å²) in [4.78, 5) is 0. The molecule has 1 aliphatic heterocycles. The highest BCUT2D eigenvalue weighted by Gasteiger charge is 2.34. The lowest BCUT2D eigenvalue weighted by atomic mass is 10.0. The number of rotatable bonds is 4. The molecule has 1 fully saturated rings. The largest absolute Gasteiger partial charge is 0.497 e. The van der Waals surface area contributed by atoms with Crippen molar-refractivity contribution in [1.82, 2.24) is 4.31 Å². The number of methoxy groups -OCH3 is 2. The first-order valence-electron chi connectivity index (χ1n) is 6.16. The molecule has 2 rings (SSSR count). The summed E-state index contributed by atoms with van der Waals surface area (Å²) in [7, 11) is -0.0273. The van der Waals surface area contributed by atoms with Gasteiger partial charge in [0.25, 0.3) is 0 Å². The number of hydrogen-bond donors (Lipinski definition) is 0. The highest BCUT2D eigenvalue weighted by atomic mass is 32.2. The second kappa shape index (κ2) is 5.38. The Hall–Kier alpha value is -1.27. The van der Waals surface area contributed by atoms with Gasteiger partial charge in [-0.15, -0.1) is 0 Å². The van der Waals surface area contributed by atoms with Crippen LogP contribution in [0.4, 0.5) is 0 Å². The highest BCUT2D eigenvalue weighted by molar-refractivity contribution is 7.88. The first kappa shape index (κ1) is 14.1. The number of sulfonamides is 1. The Labute approximate surface area is 114 Å². The zero-order chi connectivity index (χ0) is 14.0. The molecule has 1 aliphatic rings. The molecule has 0 spiro atoms. The molecule has 0 amide bonds. The van der Waals surface area contributed by atoms with E-state index in [0.717, 1.165) is 18.4 Å². The Morgan fingerprint density at radius 2 is 2.00 bits per heavy atom. The number of ether oxygens (including phenoxy) is 2. The third-order valence-corrected chi connectivity index (χ3v) is 4.71. The fraction of sp³-hybridized carbons (Fsp3) is 0.538. The van der Waals surface area contributed by atoms with E-state index in [1.807, 2.05) is 18.2 Å². The monoisotopic (exact) mass is 285 g/mol. The lowest BCUT2D eigenvalue weighted by molar-refractivity contribution is 0.363. The van der Waals surface area contributed by atoms with Gasteiger partial charge < -0.3 is 9.47 Å². The molecule has 0 radical (unpaired) electrons. The molecule has 1 atom stereocenters. The molecular weight excluding hydrogens is 266 g/mol. The lowest BCUT2D eigenvalue weighted by Crippen LogP contribution is -2.29. The third kappa shape index (κ3) is 2.84. The summed E-state index contributed by atoms with van der Waals surface area (Å²) < 4.78 is 35.7. The molecule has 0 aliphatic carbocycles. The van der Waals surface area contributed by atoms with Gasteiger partial charge in [-0.05, 0) is 31.0 Å². The van der Waals surface area contributed by atoms with Gasteiger partial charge in [0.15, 0.2) is 0 Å². The minimum atomic E-state index is -3.21. The second-order valence-corrected chi connectivity index (χ2v) is 6.57. The maximum Gasteiger partial charge on any atom is 0.211 e. The topological polar surface area (TPSA) is 55.8 Å². The average Bonchev–Trinajstić information content (AvgIpc) is 2.87. The second-order valence-electron chi connectivity index (χ2n) is 4.64. The minimum absolute atomic E-state index is 0.167. The number of benzene rings is 1. The number of nitrogens with zero attached hydrogens (tertiary/aromatic N) is 1. The van der Waals surface area contributed by atoms with E-state index in [9.17, 15) is 8.42 Å². The molecule has 106 valence electrons. The Kier molecular flexibility index (Phi) is 4.01. The van der Waals surface area contributed by atoms with Crippen molar-refractivity contribution < 1.29 is 17.9 Å². The van der Waals surface area contributed by atoms with Gasteiger partial charge in [0.1, 0.15) is 11.5 Å². The van der Waals surface area contributed by atoms with Crippen LogP contribution in [0.1, 0.15) is 24.4 Å². The van der Waals surface area contributed by atoms with Crippen LogP contribution in [-0.4, -0.2) is 39.7 Å². The summed E-state index contributed by atoms with van der Waals surface area (Å²) in [6, 6.07) is 5.31. The van der Waals surface area contributed by atoms with Crippen molar-refractivity contribution in [1.29, 1.82) is 0 Å². The van der Waals surface area contributed by atoms with Gasteiger partial charge in [0.2, 0.25) is 10.0 Å². The maximum absolute atomic E-state index is 11.8. The maximum atomic E-state index is 11.8. The van der Waals surface area contributed by atoms with E-state index in [4.69, 9.17) is 9.47 Å². The summed E-state index contributed by atoms with van der Waals surface area (Å²) in [5.41, 5.74) is 0.866. The highest BCUT2D eigenvalue weighted by Crippen LogP contribution is 2.39. The standard InChI is InChI=1S/C13H19NO4S/c1-17-10-6-7-13(18-2)11(9-10)12-5-4-8-14(12)19(3,15)16/h6-7,9,12H,4-5,8H2,1-3H3. The van der Waals surface area contributed by atoms with Crippen LogP contribution in [-0.2, 0) is 10.0 Å². The molecule has 5 nitrogen and oxygen atoms in total. The first-order chi connectivity index (χ1) is 8.97. The molecule has 0 bridgehead atoms. The van der Waals surface area contributed by atoms with Crippen LogP contribution >= 0.6 is 0 Å². The van der Waals surface area contributed by atoms with Crippen LogP contribution in [0.5, 0.6) is 11.5 Å². The van der Waals surface area contributed by atoms with E-state index in [2.05, 4.69) is 0 Å². The fourth-order valence-electron chi connectivity index (χ4n) is 2.55. The first-order valence-corrected chi connectivity index (χ1v) is 8.01. The molecular formula is C13H19NO4S. The van der Waals surface area contributed by atoms with E-state index < -0.39 is 10.0 Å². The predicted octanol–water partition coefficient (Wildman–Crippen LogP) is 1.80. The third-order valence-electron chi connectivity index (χ3n) is 3.43. The molecule has 6 heteroatoms. The van der Waals surface area contributed by atoms with Crippen molar-refractivity contribution in [3.63, 3.8) is 0 Å². The van der Waals surface area contributed by atoms with E-state index in [-0.39, 0.29) is 6.04 Å². The van der Waals surface area contributed by atoms with Crippen LogP contribution in [0.2, 0.25) is 0 Å². The van der Waals surface area contributed by atoms with E-state index in [1.54, 1.807) is 14.2 Å². The molecule has 19 heavy (non-hydrogen) atoms. The lowest BCUT2D eigenvalue weighted by Gasteiger charge is -2.24. The molecule has 1 aromatic rings. The smallest absolute Gasteiger partial charge is 0.211 e. The van der Waals surface area contributed by atoms with Gasteiger partial charge in [0, 0.05) is 12.1 Å².